The Hall–Kier alpha value is -3.57. The molecule has 0 aliphatic heterocycles. The molecule has 0 aliphatic carbocycles. The Bertz CT molecular complexity index is 1680. The molecular weight excluding hydrogens is 569 g/mol. The maximum atomic E-state index is 13.1. The van der Waals surface area contributed by atoms with E-state index in [2.05, 4.69) is 10.0 Å². The average molecular weight is 591 g/mol. The first kappa shape index (κ1) is 27.5. The van der Waals surface area contributed by atoms with Crippen molar-refractivity contribution < 1.29 is 21.6 Å². The summed E-state index contributed by atoms with van der Waals surface area (Å²) in [5.41, 5.74) is 0.803. The van der Waals surface area contributed by atoms with Gasteiger partial charge in [-0.2, -0.15) is 0 Å². The summed E-state index contributed by atoms with van der Waals surface area (Å²) in [6.07, 6.45) is 0. The van der Waals surface area contributed by atoms with Crippen molar-refractivity contribution in [2.45, 2.75) is 9.79 Å². The Balaban J connectivity index is 1.53. The van der Waals surface area contributed by atoms with Crippen molar-refractivity contribution in [1.29, 1.82) is 0 Å². The highest BCUT2D eigenvalue weighted by molar-refractivity contribution is 7.93. The lowest BCUT2D eigenvalue weighted by molar-refractivity contribution is 0.102. The molecule has 0 heterocycles. The van der Waals surface area contributed by atoms with E-state index >= 15 is 0 Å². The van der Waals surface area contributed by atoms with Gasteiger partial charge in [0.25, 0.3) is 26.0 Å². The van der Waals surface area contributed by atoms with E-state index in [4.69, 9.17) is 23.2 Å². The Labute approximate surface area is 230 Å². The quantitative estimate of drug-likeness (QED) is 0.267. The Morgan fingerprint density at radius 3 is 1.92 bits per heavy atom. The highest BCUT2D eigenvalue weighted by atomic mass is 35.5. The maximum Gasteiger partial charge on any atom is 0.264 e. The molecule has 0 saturated carbocycles. The zero-order chi connectivity index (χ0) is 27.5. The zero-order valence-corrected chi connectivity index (χ0v) is 22.9. The summed E-state index contributed by atoms with van der Waals surface area (Å²) in [6.45, 7) is 0. The third-order valence-electron chi connectivity index (χ3n) is 5.43. The first-order valence-corrected chi connectivity index (χ1v) is 14.7. The van der Waals surface area contributed by atoms with Gasteiger partial charge in [0.2, 0.25) is 0 Å². The second-order valence-electron chi connectivity index (χ2n) is 8.04. The van der Waals surface area contributed by atoms with Gasteiger partial charge in [-0.15, -0.1) is 0 Å². The molecule has 8 nitrogen and oxygen atoms in total. The molecule has 4 rings (SSSR count). The number of nitrogens with one attached hydrogen (secondary N) is 2. The number of halogens is 2. The monoisotopic (exact) mass is 589 g/mol. The molecule has 0 saturated heterocycles. The summed E-state index contributed by atoms with van der Waals surface area (Å²) in [6, 6.07) is 24.0. The molecule has 12 heteroatoms. The van der Waals surface area contributed by atoms with Crippen LogP contribution in [0.2, 0.25) is 10.0 Å². The van der Waals surface area contributed by atoms with Crippen LogP contribution in [-0.2, 0) is 20.0 Å². The van der Waals surface area contributed by atoms with Crippen LogP contribution >= 0.6 is 23.2 Å². The lowest BCUT2D eigenvalue weighted by Crippen LogP contribution is -2.29. The predicted octanol–water partition coefficient (Wildman–Crippen LogP) is 5.87. The van der Waals surface area contributed by atoms with E-state index in [0.29, 0.717) is 5.69 Å². The van der Waals surface area contributed by atoms with Crippen LogP contribution in [0, 0.1) is 0 Å². The number of rotatable bonds is 8. The van der Waals surface area contributed by atoms with E-state index in [9.17, 15) is 21.6 Å². The Morgan fingerprint density at radius 1 is 0.711 bits per heavy atom. The predicted molar refractivity (Wildman–Crippen MR) is 150 cm³/mol. The van der Waals surface area contributed by atoms with Crippen molar-refractivity contribution in [1.82, 2.24) is 0 Å². The van der Waals surface area contributed by atoms with Crippen molar-refractivity contribution in [2.24, 2.45) is 0 Å². The normalized spacial score (nSPS) is 11.6. The van der Waals surface area contributed by atoms with Gasteiger partial charge >= 0.3 is 0 Å². The van der Waals surface area contributed by atoms with E-state index in [1.807, 2.05) is 0 Å². The van der Waals surface area contributed by atoms with E-state index in [-0.39, 0.29) is 36.8 Å². The van der Waals surface area contributed by atoms with E-state index in [0.717, 1.165) is 4.31 Å². The first-order valence-electron chi connectivity index (χ1n) is 11.0. The molecule has 0 bridgehead atoms. The van der Waals surface area contributed by atoms with Gasteiger partial charge in [-0.3, -0.25) is 13.8 Å². The number of para-hydroxylation sites is 1. The topological polar surface area (TPSA) is 113 Å². The molecule has 4 aromatic carbocycles. The molecule has 4 aromatic rings. The second kappa shape index (κ2) is 11.0. The minimum absolute atomic E-state index is 0.0549. The molecule has 0 atom stereocenters. The number of benzene rings is 4. The lowest BCUT2D eigenvalue weighted by atomic mass is 10.1. The molecule has 0 fully saturated rings. The van der Waals surface area contributed by atoms with Gasteiger partial charge in [-0.05, 0) is 66.7 Å². The van der Waals surface area contributed by atoms with Gasteiger partial charge in [-0.25, -0.2) is 16.8 Å². The summed E-state index contributed by atoms with van der Waals surface area (Å²) in [5, 5.41) is 3.23. The number of hydrogen-bond acceptors (Lipinski definition) is 5. The van der Waals surface area contributed by atoms with Gasteiger partial charge < -0.3 is 5.32 Å². The minimum atomic E-state index is -3.96. The van der Waals surface area contributed by atoms with Gasteiger partial charge in [-0.1, -0.05) is 53.5 Å². The average Bonchev–Trinajstić information content (AvgIpc) is 2.88. The smallest absolute Gasteiger partial charge is 0.264 e. The highest BCUT2D eigenvalue weighted by Gasteiger charge is 2.25. The first-order chi connectivity index (χ1) is 18.0. The molecule has 0 spiro atoms. The SMILES string of the molecule is CN(c1ccccc1C(=O)Nc1ccc(S(=O)(=O)Nc2cc(Cl)cc(Cl)c2)cc1)S(=O)(=O)c1ccccc1. The van der Waals surface area contributed by atoms with Crippen molar-refractivity contribution >= 4 is 66.2 Å². The molecule has 2 N–H and O–H groups in total. The summed E-state index contributed by atoms with van der Waals surface area (Å²) in [7, 11) is -6.50. The fourth-order valence-corrected chi connectivity index (χ4v) is 6.36. The summed E-state index contributed by atoms with van der Waals surface area (Å²) in [4.78, 5) is 13.1. The van der Waals surface area contributed by atoms with Crippen LogP contribution in [0.4, 0.5) is 17.1 Å². The number of carbonyl (C=O) groups is 1. The van der Waals surface area contributed by atoms with E-state index < -0.39 is 26.0 Å². The van der Waals surface area contributed by atoms with Gasteiger partial charge in [0.15, 0.2) is 0 Å². The maximum absolute atomic E-state index is 13.1. The van der Waals surface area contributed by atoms with E-state index in [1.54, 1.807) is 30.3 Å². The number of sulfonamides is 2. The molecule has 0 radical (unpaired) electrons. The standard InChI is InChI=1S/C26H21Cl2N3O5S2/c1-31(38(35,36)23-7-3-2-4-8-23)25-10-6-5-9-24(25)26(32)29-20-11-13-22(14-12-20)37(33,34)30-21-16-18(27)15-19(28)17-21/h2-17,30H,1H3,(H,29,32). The Morgan fingerprint density at radius 2 is 1.29 bits per heavy atom. The molecule has 0 aromatic heterocycles. The number of hydrogen-bond donors (Lipinski definition) is 2. The van der Waals surface area contributed by atoms with Crippen LogP contribution in [0.1, 0.15) is 10.4 Å². The third kappa shape index (κ3) is 6.11. The number of nitrogens with zero attached hydrogens (tertiary/aromatic N) is 1. The third-order valence-corrected chi connectivity index (χ3v) is 9.05. The number of carbonyl (C=O) groups excluding carboxylic acids is 1. The zero-order valence-electron chi connectivity index (χ0n) is 19.8. The molecular formula is C26H21Cl2N3O5S2. The van der Waals surface area contributed by atoms with Gasteiger partial charge in [0.1, 0.15) is 0 Å². The Kier molecular flexibility index (Phi) is 7.98. The molecule has 0 aliphatic rings. The van der Waals surface area contributed by atoms with Crippen LogP contribution in [0.25, 0.3) is 0 Å². The lowest BCUT2D eigenvalue weighted by Gasteiger charge is -2.22. The van der Waals surface area contributed by atoms with Crippen molar-refractivity contribution in [3.63, 3.8) is 0 Å². The van der Waals surface area contributed by atoms with Gasteiger partial charge in [0, 0.05) is 22.8 Å². The van der Waals surface area contributed by atoms with Crippen LogP contribution in [-0.4, -0.2) is 29.8 Å². The van der Waals surface area contributed by atoms with Crippen LogP contribution in [0.5, 0.6) is 0 Å². The van der Waals surface area contributed by atoms with Crippen molar-refractivity contribution in [3.05, 3.63) is 113 Å². The summed E-state index contributed by atoms with van der Waals surface area (Å²) in [5.74, 6) is -0.571. The van der Waals surface area contributed by atoms with E-state index in [1.165, 1.54) is 73.8 Å². The molecule has 38 heavy (non-hydrogen) atoms. The number of amides is 1. The molecule has 1 amide bonds. The molecule has 196 valence electrons. The van der Waals surface area contributed by atoms with Crippen molar-refractivity contribution in [2.75, 3.05) is 21.4 Å². The molecule has 0 unspecified atom stereocenters. The fourth-order valence-electron chi connectivity index (χ4n) is 3.56. The minimum Gasteiger partial charge on any atom is -0.322 e. The fraction of sp³-hybridized carbons (Fsp3) is 0.0385. The van der Waals surface area contributed by atoms with Crippen LogP contribution < -0.4 is 14.3 Å². The largest absolute Gasteiger partial charge is 0.322 e. The van der Waals surface area contributed by atoms with Crippen molar-refractivity contribution in [3.8, 4) is 0 Å². The van der Waals surface area contributed by atoms with Gasteiger partial charge in [0.05, 0.1) is 26.7 Å². The second-order valence-corrected chi connectivity index (χ2v) is 12.6. The number of anilines is 3. The van der Waals surface area contributed by atoms with Crippen LogP contribution in [0.15, 0.2) is 107 Å². The highest BCUT2D eigenvalue weighted by Crippen LogP contribution is 2.28. The van der Waals surface area contributed by atoms with Crippen LogP contribution in [0.3, 0.4) is 0 Å². The summed E-state index contributed by atoms with van der Waals surface area (Å²) < 4.78 is 55.1. The summed E-state index contributed by atoms with van der Waals surface area (Å²) >= 11 is 11.9.